The van der Waals surface area contributed by atoms with Crippen LogP contribution in [0.5, 0.6) is 0 Å². The predicted octanol–water partition coefficient (Wildman–Crippen LogP) is -2.86. The molecule has 0 unspecified atom stereocenters. The van der Waals surface area contributed by atoms with Crippen molar-refractivity contribution in [2.75, 3.05) is 18.9 Å². The van der Waals surface area contributed by atoms with Crippen LogP contribution in [0.4, 0.5) is 5.69 Å². The van der Waals surface area contributed by atoms with Gasteiger partial charge in [0.15, 0.2) is 10.3 Å². The minimum atomic E-state index is -4.78. The molecular formula is C10H10NNaO7S. The first-order valence-electron chi connectivity index (χ1n) is 4.82. The molecule has 104 valence electrons. The summed E-state index contributed by atoms with van der Waals surface area (Å²) < 4.78 is 42.3. The number of rotatable bonds is 4. The Hall–Kier alpha value is -1.13. The number of hydrogen-bond acceptors (Lipinski definition) is 7. The summed E-state index contributed by atoms with van der Waals surface area (Å²) >= 11 is 0. The fourth-order valence-corrected chi connectivity index (χ4v) is 1.71. The van der Waals surface area contributed by atoms with Crippen LogP contribution in [0, 0.1) is 0 Å². The van der Waals surface area contributed by atoms with Crippen molar-refractivity contribution in [2.45, 2.75) is 0 Å². The zero-order valence-electron chi connectivity index (χ0n) is 11.0. The van der Waals surface area contributed by atoms with Gasteiger partial charge < -0.3 is 14.0 Å². The summed E-state index contributed by atoms with van der Waals surface area (Å²) in [6.07, 6.45) is 0. The summed E-state index contributed by atoms with van der Waals surface area (Å²) in [5.74, 6) is -1.59. The van der Waals surface area contributed by atoms with Gasteiger partial charge in [0, 0.05) is 5.69 Å². The Morgan fingerprint density at radius 1 is 1.05 bits per heavy atom. The van der Waals surface area contributed by atoms with E-state index < -0.39 is 22.2 Å². The first-order chi connectivity index (χ1) is 8.76. The zero-order valence-corrected chi connectivity index (χ0v) is 13.8. The molecule has 0 aliphatic carbocycles. The Labute approximate surface area is 137 Å². The first-order valence-corrected chi connectivity index (χ1v) is 6.23. The molecule has 0 bridgehead atoms. The van der Waals surface area contributed by atoms with E-state index in [9.17, 15) is 22.6 Å². The van der Waals surface area contributed by atoms with Crippen LogP contribution >= 0.6 is 0 Å². The van der Waals surface area contributed by atoms with E-state index in [1.807, 2.05) is 0 Å². The van der Waals surface area contributed by atoms with Gasteiger partial charge in [-0.3, -0.25) is 4.72 Å². The molecule has 0 saturated carbocycles. The molecule has 0 aliphatic rings. The standard InChI is InChI=1S/C10H11NO7S.Na/c1-17-9(12)6-3-7(10(13)18-2)5-8(4-6)11-19(14,15)16;/h3-5,11H,1-2H3,(H,14,15,16);/q;+1/p-1. The molecule has 0 saturated heterocycles. The summed E-state index contributed by atoms with van der Waals surface area (Å²) in [7, 11) is -2.55. The van der Waals surface area contributed by atoms with E-state index in [4.69, 9.17) is 0 Å². The summed E-state index contributed by atoms with van der Waals surface area (Å²) in [6.45, 7) is 0. The summed E-state index contributed by atoms with van der Waals surface area (Å²) in [5, 5.41) is 0. The van der Waals surface area contributed by atoms with Gasteiger partial charge in [-0.05, 0) is 18.2 Å². The van der Waals surface area contributed by atoms with E-state index >= 15 is 0 Å². The predicted molar refractivity (Wildman–Crippen MR) is 62.4 cm³/mol. The maximum absolute atomic E-state index is 11.4. The van der Waals surface area contributed by atoms with Gasteiger partial charge in [0.25, 0.3) is 0 Å². The third-order valence-electron chi connectivity index (χ3n) is 2.02. The van der Waals surface area contributed by atoms with Crippen molar-refractivity contribution in [3.63, 3.8) is 0 Å². The van der Waals surface area contributed by atoms with Crippen LogP contribution in [0.1, 0.15) is 20.7 Å². The van der Waals surface area contributed by atoms with E-state index in [-0.39, 0.29) is 46.4 Å². The van der Waals surface area contributed by atoms with Gasteiger partial charge in [0.05, 0.1) is 25.3 Å². The summed E-state index contributed by atoms with van der Waals surface area (Å²) in [4.78, 5) is 22.7. The largest absolute Gasteiger partial charge is 1.00 e. The van der Waals surface area contributed by atoms with E-state index in [0.29, 0.717) is 0 Å². The van der Waals surface area contributed by atoms with Crippen LogP contribution in [0.3, 0.4) is 0 Å². The van der Waals surface area contributed by atoms with Gasteiger partial charge >= 0.3 is 41.5 Å². The van der Waals surface area contributed by atoms with Crippen LogP contribution in [-0.4, -0.2) is 39.1 Å². The number of nitrogens with one attached hydrogen (secondary N) is 1. The van der Waals surface area contributed by atoms with Gasteiger partial charge in [-0.25, -0.2) is 18.0 Å². The zero-order chi connectivity index (χ0) is 14.6. The molecule has 0 aliphatic heterocycles. The second-order valence-electron chi connectivity index (χ2n) is 3.34. The third-order valence-corrected chi connectivity index (χ3v) is 2.50. The van der Waals surface area contributed by atoms with Crippen LogP contribution in [0.15, 0.2) is 18.2 Å². The Bertz CT molecular complexity index is 580. The first kappa shape index (κ1) is 18.9. The Kier molecular flexibility index (Phi) is 7.17. The number of carbonyl (C=O) groups excluding carboxylic acids is 2. The number of esters is 2. The SMILES string of the molecule is COC(=O)c1cc(NS(=O)(=O)[O-])cc(C(=O)OC)c1.[Na+]. The average molecular weight is 311 g/mol. The fraction of sp³-hybridized carbons (Fsp3) is 0.200. The van der Waals surface area contributed by atoms with E-state index in [2.05, 4.69) is 9.47 Å². The Balaban J connectivity index is 0.00000361. The topological polar surface area (TPSA) is 122 Å². The molecule has 10 heteroatoms. The molecule has 0 amide bonds. The van der Waals surface area contributed by atoms with Crippen molar-refractivity contribution in [2.24, 2.45) is 0 Å². The van der Waals surface area contributed by atoms with Crippen LogP contribution in [-0.2, 0) is 19.8 Å². The molecule has 1 N–H and O–H groups in total. The number of benzene rings is 1. The smallest absolute Gasteiger partial charge is 0.731 e. The third kappa shape index (κ3) is 5.47. The quantitative estimate of drug-likeness (QED) is 0.360. The molecular weight excluding hydrogens is 301 g/mol. The number of ether oxygens (including phenoxy) is 2. The number of anilines is 1. The van der Waals surface area contributed by atoms with Crippen molar-refractivity contribution in [1.29, 1.82) is 0 Å². The molecule has 0 aromatic heterocycles. The van der Waals surface area contributed by atoms with Crippen LogP contribution in [0.25, 0.3) is 0 Å². The van der Waals surface area contributed by atoms with Crippen molar-refractivity contribution in [1.82, 2.24) is 0 Å². The summed E-state index contributed by atoms with van der Waals surface area (Å²) in [6, 6.07) is 3.28. The van der Waals surface area contributed by atoms with E-state index in [0.717, 1.165) is 32.4 Å². The number of carbonyl (C=O) groups is 2. The second kappa shape index (κ2) is 7.60. The molecule has 1 rings (SSSR count). The molecule has 20 heavy (non-hydrogen) atoms. The van der Waals surface area contributed by atoms with Crippen molar-refractivity contribution >= 4 is 27.9 Å². The molecule has 1 aromatic rings. The van der Waals surface area contributed by atoms with Crippen molar-refractivity contribution in [3.05, 3.63) is 29.3 Å². The summed E-state index contributed by atoms with van der Waals surface area (Å²) in [5.41, 5.74) is -0.439. The Morgan fingerprint density at radius 2 is 1.45 bits per heavy atom. The van der Waals surface area contributed by atoms with E-state index in [1.165, 1.54) is 0 Å². The molecule has 8 nitrogen and oxygen atoms in total. The monoisotopic (exact) mass is 311 g/mol. The number of hydrogen-bond donors (Lipinski definition) is 1. The van der Waals surface area contributed by atoms with E-state index in [1.54, 1.807) is 4.72 Å². The van der Waals surface area contributed by atoms with Gasteiger partial charge in [0.2, 0.25) is 0 Å². The normalized spacial score (nSPS) is 10.2. The molecule has 1 aromatic carbocycles. The van der Waals surface area contributed by atoms with Gasteiger partial charge in [-0.1, -0.05) is 0 Å². The van der Waals surface area contributed by atoms with Crippen LogP contribution < -0.4 is 34.3 Å². The molecule has 0 atom stereocenters. The van der Waals surface area contributed by atoms with Crippen LogP contribution in [0.2, 0.25) is 0 Å². The fourth-order valence-electron chi connectivity index (χ4n) is 1.30. The maximum atomic E-state index is 11.4. The number of methoxy groups -OCH3 is 2. The molecule has 0 radical (unpaired) electrons. The molecule has 0 spiro atoms. The van der Waals surface area contributed by atoms with Gasteiger partial charge in [-0.2, -0.15) is 0 Å². The Morgan fingerprint density at radius 3 is 1.75 bits per heavy atom. The minimum absolute atomic E-state index is 0. The van der Waals surface area contributed by atoms with Gasteiger partial charge in [0.1, 0.15) is 0 Å². The second-order valence-corrected chi connectivity index (χ2v) is 4.45. The van der Waals surface area contributed by atoms with Crippen molar-refractivity contribution < 1.29 is 61.6 Å². The molecule has 0 fully saturated rings. The van der Waals surface area contributed by atoms with Gasteiger partial charge in [-0.15, -0.1) is 0 Å². The minimum Gasteiger partial charge on any atom is -0.731 e. The average Bonchev–Trinajstić information content (AvgIpc) is 2.34. The van der Waals surface area contributed by atoms with Crippen molar-refractivity contribution in [3.8, 4) is 0 Å². The molecule has 0 heterocycles. The maximum Gasteiger partial charge on any atom is 1.00 e.